The largest absolute Gasteiger partial charge is 0.356 e. The standard InChI is InChI=1S/C10H11BrN4O/c1-2-6-4-13-15-9(6)14-10(16)8-3-7(11)5-12-8/h3-5,12H,2H2,1H3,(H2,13,14,15,16). The summed E-state index contributed by atoms with van der Waals surface area (Å²) >= 11 is 3.28. The summed E-state index contributed by atoms with van der Waals surface area (Å²) in [4.78, 5) is 14.6. The van der Waals surface area contributed by atoms with Gasteiger partial charge in [0.05, 0.1) is 6.20 Å². The fourth-order valence-corrected chi connectivity index (χ4v) is 1.71. The van der Waals surface area contributed by atoms with Gasteiger partial charge in [-0.15, -0.1) is 0 Å². The molecule has 2 heterocycles. The van der Waals surface area contributed by atoms with Gasteiger partial charge in [-0.25, -0.2) is 0 Å². The second-order valence-corrected chi connectivity index (χ2v) is 4.23. The van der Waals surface area contributed by atoms with Crippen molar-refractivity contribution in [3.63, 3.8) is 0 Å². The first-order chi connectivity index (χ1) is 7.70. The number of hydrogen-bond acceptors (Lipinski definition) is 2. The molecule has 3 N–H and O–H groups in total. The maximum atomic E-state index is 11.8. The third kappa shape index (κ3) is 2.16. The Morgan fingerprint density at radius 2 is 2.44 bits per heavy atom. The van der Waals surface area contributed by atoms with Gasteiger partial charge in [0.25, 0.3) is 5.91 Å². The summed E-state index contributed by atoms with van der Waals surface area (Å²) in [5, 5.41) is 9.40. The van der Waals surface area contributed by atoms with Crippen molar-refractivity contribution in [1.82, 2.24) is 15.2 Å². The average molecular weight is 283 g/mol. The summed E-state index contributed by atoms with van der Waals surface area (Å²) in [6.45, 7) is 2.01. The van der Waals surface area contributed by atoms with Gasteiger partial charge in [0.2, 0.25) is 0 Å². The molecular formula is C10H11BrN4O. The molecule has 0 atom stereocenters. The number of amides is 1. The van der Waals surface area contributed by atoms with Crippen molar-refractivity contribution in [3.05, 3.63) is 34.2 Å². The zero-order chi connectivity index (χ0) is 11.5. The summed E-state index contributed by atoms with van der Waals surface area (Å²) in [7, 11) is 0. The van der Waals surface area contributed by atoms with Crippen molar-refractivity contribution >= 4 is 27.7 Å². The van der Waals surface area contributed by atoms with Gasteiger partial charge in [0.1, 0.15) is 11.5 Å². The average Bonchev–Trinajstić information content (AvgIpc) is 2.86. The highest BCUT2D eigenvalue weighted by molar-refractivity contribution is 9.10. The van der Waals surface area contributed by atoms with E-state index in [-0.39, 0.29) is 5.91 Å². The summed E-state index contributed by atoms with van der Waals surface area (Å²) in [5.74, 6) is 0.461. The van der Waals surface area contributed by atoms with Crippen molar-refractivity contribution in [2.45, 2.75) is 13.3 Å². The lowest BCUT2D eigenvalue weighted by Gasteiger charge is -2.02. The molecule has 0 aliphatic rings. The molecule has 84 valence electrons. The zero-order valence-electron chi connectivity index (χ0n) is 8.67. The Balaban J connectivity index is 2.13. The van der Waals surface area contributed by atoms with Gasteiger partial charge in [-0.3, -0.25) is 9.89 Å². The van der Waals surface area contributed by atoms with Crippen LogP contribution in [0.25, 0.3) is 0 Å². The normalized spacial score (nSPS) is 10.4. The second kappa shape index (κ2) is 4.52. The Kier molecular flexibility index (Phi) is 3.09. The number of nitrogens with one attached hydrogen (secondary N) is 3. The first kappa shape index (κ1) is 10.9. The molecule has 1 amide bonds. The van der Waals surface area contributed by atoms with Gasteiger partial charge in [0.15, 0.2) is 0 Å². The molecule has 0 bridgehead atoms. The number of aromatic amines is 2. The molecule has 0 aliphatic carbocycles. The highest BCUT2D eigenvalue weighted by Gasteiger charge is 2.11. The molecule has 0 radical (unpaired) electrons. The fraction of sp³-hybridized carbons (Fsp3) is 0.200. The number of rotatable bonds is 3. The van der Waals surface area contributed by atoms with Crippen LogP contribution in [0.5, 0.6) is 0 Å². The first-order valence-electron chi connectivity index (χ1n) is 4.88. The van der Waals surface area contributed by atoms with E-state index in [2.05, 4.69) is 36.4 Å². The van der Waals surface area contributed by atoms with Crippen molar-refractivity contribution in [1.29, 1.82) is 0 Å². The van der Waals surface area contributed by atoms with Crippen LogP contribution in [0.1, 0.15) is 23.0 Å². The lowest BCUT2D eigenvalue weighted by molar-refractivity contribution is 0.102. The molecule has 16 heavy (non-hydrogen) atoms. The number of carbonyl (C=O) groups excluding carboxylic acids is 1. The van der Waals surface area contributed by atoms with E-state index in [0.717, 1.165) is 16.5 Å². The maximum Gasteiger partial charge on any atom is 0.273 e. The number of nitrogens with zero attached hydrogens (tertiary/aromatic N) is 1. The fourth-order valence-electron chi connectivity index (χ4n) is 1.37. The molecule has 0 saturated carbocycles. The van der Waals surface area contributed by atoms with E-state index in [9.17, 15) is 4.79 Å². The number of halogens is 1. The zero-order valence-corrected chi connectivity index (χ0v) is 10.3. The first-order valence-corrected chi connectivity index (χ1v) is 5.67. The van der Waals surface area contributed by atoms with Crippen LogP contribution in [0.2, 0.25) is 0 Å². The number of H-pyrrole nitrogens is 2. The van der Waals surface area contributed by atoms with E-state index >= 15 is 0 Å². The monoisotopic (exact) mass is 282 g/mol. The topological polar surface area (TPSA) is 73.6 Å². The van der Waals surface area contributed by atoms with Crippen LogP contribution in [0.15, 0.2) is 22.9 Å². The molecule has 0 aromatic carbocycles. The van der Waals surface area contributed by atoms with Crippen molar-refractivity contribution in [2.75, 3.05) is 5.32 Å². The molecule has 0 spiro atoms. The van der Waals surface area contributed by atoms with Crippen LogP contribution in [0, 0.1) is 0 Å². The summed E-state index contributed by atoms with van der Waals surface area (Å²) < 4.78 is 0.845. The van der Waals surface area contributed by atoms with Gasteiger partial charge < -0.3 is 10.3 Å². The third-order valence-corrected chi connectivity index (χ3v) is 2.69. The lowest BCUT2D eigenvalue weighted by Crippen LogP contribution is -2.13. The maximum absolute atomic E-state index is 11.8. The third-order valence-electron chi connectivity index (χ3n) is 2.23. The summed E-state index contributed by atoms with van der Waals surface area (Å²) in [6, 6.07) is 1.72. The predicted molar refractivity (Wildman–Crippen MR) is 64.4 cm³/mol. The molecule has 2 aromatic rings. The van der Waals surface area contributed by atoms with Gasteiger partial charge >= 0.3 is 0 Å². The molecule has 0 fully saturated rings. The van der Waals surface area contributed by atoms with Crippen molar-refractivity contribution in [2.24, 2.45) is 0 Å². The number of aromatic nitrogens is 3. The quantitative estimate of drug-likeness (QED) is 0.808. The highest BCUT2D eigenvalue weighted by atomic mass is 79.9. The number of aryl methyl sites for hydroxylation is 1. The van der Waals surface area contributed by atoms with Gasteiger partial charge in [-0.1, -0.05) is 6.92 Å². The van der Waals surface area contributed by atoms with Crippen LogP contribution in [-0.2, 0) is 6.42 Å². The van der Waals surface area contributed by atoms with Crippen LogP contribution < -0.4 is 5.32 Å². The second-order valence-electron chi connectivity index (χ2n) is 3.31. The molecule has 0 aliphatic heterocycles. The molecular weight excluding hydrogens is 272 g/mol. The summed E-state index contributed by atoms with van der Waals surface area (Å²) in [6.07, 6.45) is 4.24. The Labute approximate surface area is 101 Å². The Bertz CT molecular complexity index is 502. The van der Waals surface area contributed by atoms with E-state index in [4.69, 9.17) is 0 Å². The minimum atomic E-state index is -0.190. The van der Waals surface area contributed by atoms with E-state index in [1.807, 2.05) is 6.92 Å². The number of carbonyl (C=O) groups is 1. The molecule has 5 nitrogen and oxygen atoms in total. The lowest BCUT2D eigenvalue weighted by atomic mass is 10.2. The molecule has 0 saturated heterocycles. The van der Waals surface area contributed by atoms with Crippen molar-refractivity contribution < 1.29 is 4.79 Å². The molecule has 2 aromatic heterocycles. The minimum absolute atomic E-state index is 0.190. The van der Waals surface area contributed by atoms with Crippen molar-refractivity contribution in [3.8, 4) is 0 Å². The highest BCUT2D eigenvalue weighted by Crippen LogP contribution is 2.14. The minimum Gasteiger partial charge on any atom is -0.356 e. The van der Waals surface area contributed by atoms with Crippen LogP contribution in [0.4, 0.5) is 5.82 Å². The van der Waals surface area contributed by atoms with Gasteiger partial charge in [-0.2, -0.15) is 5.10 Å². The predicted octanol–water partition coefficient (Wildman–Crippen LogP) is 2.31. The number of anilines is 1. The van der Waals surface area contributed by atoms with E-state index in [1.165, 1.54) is 0 Å². The SMILES string of the molecule is CCc1cn[nH]c1NC(=O)c1cc(Br)c[nH]1. The molecule has 6 heteroatoms. The number of hydrogen-bond donors (Lipinski definition) is 3. The molecule has 0 unspecified atom stereocenters. The smallest absolute Gasteiger partial charge is 0.273 e. The van der Waals surface area contributed by atoms with Crippen LogP contribution in [-0.4, -0.2) is 21.1 Å². The van der Waals surface area contributed by atoms with Crippen LogP contribution >= 0.6 is 15.9 Å². The molecule has 2 rings (SSSR count). The van der Waals surface area contributed by atoms with E-state index < -0.39 is 0 Å². The Morgan fingerprint density at radius 3 is 3.06 bits per heavy atom. The van der Waals surface area contributed by atoms with E-state index in [0.29, 0.717) is 11.5 Å². The van der Waals surface area contributed by atoms with Gasteiger partial charge in [0, 0.05) is 16.2 Å². The Morgan fingerprint density at radius 1 is 1.62 bits per heavy atom. The van der Waals surface area contributed by atoms with Crippen LogP contribution in [0.3, 0.4) is 0 Å². The Hall–Kier alpha value is -1.56. The van der Waals surface area contributed by atoms with E-state index in [1.54, 1.807) is 18.5 Å². The summed E-state index contributed by atoms with van der Waals surface area (Å²) in [5.41, 5.74) is 1.49. The van der Waals surface area contributed by atoms with Gasteiger partial charge in [-0.05, 0) is 28.4 Å².